The third-order valence-electron chi connectivity index (χ3n) is 2.93. The van der Waals surface area contributed by atoms with Crippen LogP contribution in [0.2, 0.25) is 5.02 Å². The number of aryl methyl sites for hydroxylation is 2. The number of nitrogens with two attached hydrogens (primary N) is 1. The summed E-state index contributed by atoms with van der Waals surface area (Å²) in [4.78, 5) is 12.3. The molecule has 20 heavy (non-hydrogen) atoms. The van der Waals surface area contributed by atoms with Gasteiger partial charge in [-0.15, -0.1) is 0 Å². The van der Waals surface area contributed by atoms with E-state index in [0.717, 1.165) is 21.3 Å². The molecule has 0 aliphatic heterocycles. The van der Waals surface area contributed by atoms with Crippen LogP contribution in [0.1, 0.15) is 21.5 Å². The number of nitrogen functional groups attached to an aromatic ring is 1. The molecule has 3 nitrogen and oxygen atoms in total. The lowest BCUT2D eigenvalue weighted by Crippen LogP contribution is -2.15. The summed E-state index contributed by atoms with van der Waals surface area (Å²) in [5.41, 5.74) is 9.41. The molecule has 0 aromatic heterocycles. The Kier molecular flexibility index (Phi) is 4.35. The van der Waals surface area contributed by atoms with Gasteiger partial charge in [0.15, 0.2) is 0 Å². The first-order chi connectivity index (χ1) is 9.38. The number of benzene rings is 2. The summed E-state index contributed by atoms with van der Waals surface area (Å²) in [7, 11) is 0. The zero-order valence-electron chi connectivity index (χ0n) is 11.1. The van der Waals surface area contributed by atoms with E-state index in [0.29, 0.717) is 16.3 Å². The van der Waals surface area contributed by atoms with Crippen LogP contribution in [0.25, 0.3) is 0 Å². The highest BCUT2D eigenvalue weighted by Crippen LogP contribution is 2.29. The molecule has 0 aliphatic rings. The van der Waals surface area contributed by atoms with Crippen molar-refractivity contribution in [2.75, 3.05) is 11.1 Å². The van der Waals surface area contributed by atoms with Gasteiger partial charge >= 0.3 is 0 Å². The maximum absolute atomic E-state index is 12.3. The minimum atomic E-state index is -0.280. The van der Waals surface area contributed by atoms with Gasteiger partial charge in [0.05, 0.1) is 11.3 Å². The summed E-state index contributed by atoms with van der Waals surface area (Å²) >= 11 is 9.36. The Hall–Kier alpha value is -1.52. The molecule has 0 spiro atoms. The zero-order chi connectivity index (χ0) is 14.9. The smallest absolute Gasteiger partial charge is 0.257 e. The molecular weight excluding hydrogens is 340 g/mol. The Labute approximate surface area is 131 Å². The van der Waals surface area contributed by atoms with Crippen LogP contribution in [0.4, 0.5) is 11.4 Å². The predicted molar refractivity (Wildman–Crippen MR) is 87.4 cm³/mol. The molecule has 0 unspecified atom stereocenters. The minimum absolute atomic E-state index is 0.280. The van der Waals surface area contributed by atoms with Crippen molar-refractivity contribution in [3.8, 4) is 0 Å². The lowest BCUT2D eigenvalue weighted by molar-refractivity contribution is 0.102. The molecule has 0 radical (unpaired) electrons. The SMILES string of the molecule is Cc1cc(C)c(NC(=O)c2cc(Cl)ccc2N)c(Br)c1. The van der Waals surface area contributed by atoms with Gasteiger partial charge in [0.2, 0.25) is 0 Å². The van der Waals surface area contributed by atoms with E-state index in [1.807, 2.05) is 26.0 Å². The molecule has 0 aliphatic carbocycles. The second-order valence-electron chi connectivity index (χ2n) is 4.62. The fourth-order valence-corrected chi connectivity index (χ4v) is 2.93. The normalized spacial score (nSPS) is 10.4. The summed E-state index contributed by atoms with van der Waals surface area (Å²) in [6.45, 7) is 3.94. The van der Waals surface area contributed by atoms with Crippen molar-refractivity contribution in [2.45, 2.75) is 13.8 Å². The van der Waals surface area contributed by atoms with Gasteiger partial charge in [-0.1, -0.05) is 17.7 Å². The Bertz CT molecular complexity index is 663. The number of anilines is 2. The monoisotopic (exact) mass is 352 g/mol. The van der Waals surface area contributed by atoms with Crippen LogP contribution in [0, 0.1) is 13.8 Å². The van der Waals surface area contributed by atoms with Gasteiger partial charge in [0.25, 0.3) is 5.91 Å². The van der Waals surface area contributed by atoms with Crippen molar-refractivity contribution < 1.29 is 4.79 Å². The number of rotatable bonds is 2. The highest BCUT2D eigenvalue weighted by atomic mass is 79.9. The van der Waals surface area contributed by atoms with Crippen LogP contribution >= 0.6 is 27.5 Å². The third kappa shape index (κ3) is 3.14. The van der Waals surface area contributed by atoms with Gasteiger partial charge in [-0.05, 0) is 65.2 Å². The summed E-state index contributed by atoms with van der Waals surface area (Å²) in [6.07, 6.45) is 0. The minimum Gasteiger partial charge on any atom is -0.398 e. The molecule has 0 heterocycles. The molecule has 0 bridgehead atoms. The molecule has 0 saturated carbocycles. The number of hydrogen-bond donors (Lipinski definition) is 2. The molecule has 5 heteroatoms. The van der Waals surface area contributed by atoms with Crippen LogP contribution in [-0.4, -0.2) is 5.91 Å². The second-order valence-corrected chi connectivity index (χ2v) is 5.92. The zero-order valence-corrected chi connectivity index (χ0v) is 13.5. The van der Waals surface area contributed by atoms with Crippen molar-refractivity contribution >= 4 is 44.8 Å². The Morgan fingerprint density at radius 3 is 2.60 bits per heavy atom. The topological polar surface area (TPSA) is 55.1 Å². The lowest BCUT2D eigenvalue weighted by Gasteiger charge is -2.13. The van der Waals surface area contributed by atoms with Crippen LogP contribution in [-0.2, 0) is 0 Å². The van der Waals surface area contributed by atoms with Gasteiger partial charge in [-0.2, -0.15) is 0 Å². The van der Waals surface area contributed by atoms with Crippen LogP contribution < -0.4 is 11.1 Å². The van der Waals surface area contributed by atoms with Gasteiger partial charge in [-0.3, -0.25) is 4.79 Å². The average molecular weight is 354 g/mol. The van der Waals surface area contributed by atoms with Crippen molar-refractivity contribution in [2.24, 2.45) is 0 Å². The molecule has 3 N–H and O–H groups in total. The Morgan fingerprint density at radius 2 is 1.95 bits per heavy atom. The molecule has 0 saturated heterocycles. The summed E-state index contributed by atoms with van der Waals surface area (Å²) in [5.74, 6) is -0.280. The molecule has 0 atom stereocenters. The summed E-state index contributed by atoms with van der Waals surface area (Å²) < 4.78 is 0.837. The van der Waals surface area contributed by atoms with E-state index in [-0.39, 0.29) is 5.91 Å². The maximum Gasteiger partial charge on any atom is 0.257 e. The van der Waals surface area contributed by atoms with E-state index in [1.165, 1.54) is 0 Å². The molecule has 2 rings (SSSR count). The molecule has 0 fully saturated rings. The van der Waals surface area contributed by atoms with Crippen molar-refractivity contribution in [3.05, 3.63) is 56.5 Å². The Balaban J connectivity index is 2.35. The average Bonchev–Trinajstić information content (AvgIpc) is 2.36. The first-order valence-corrected chi connectivity index (χ1v) is 7.18. The van der Waals surface area contributed by atoms with Crippen LogP contribution in [0.5, 0.6) is 0 Å². The van der Waals surface area contributed by atoms with E-state index < -0.39 is 0 Å². The fourth-order valence-electron chi connectivity index (χ4n) is 1.98. The molecule has 2 aromatic carbocycles. The highest BCUT2D eigenvalue weighted by molar-refractivity contribution is 9.10. The van der Waals surface area contributed by atoms with E-state index in [4.69, 9.17) is 17.3 Å². The highest BCUT2D eigenvalue weighted by Gasteiger charge is 2.14. The van der Waals surface area contributed by atoms with E-state index in [2.05, 4.69) is 21.2 Å². The summed E-state index contributed by atoms with van der Waals surface area (Å²) in [5, 5.41) is 3.34. The lowest BCUT2D eigenvalue weighted by atomic mass is 10.1. The Morgan fingerprint density at radius 1 is 1.25 bits per heavy atom. The fraction of sp³-hybridized carbons (Fsp3) is 0.133. The van der Waals surface area contributed by atoms with E-state index in [9.17, 15) is 4.79 Å². The van der Waals surface area contributed by atoms with E-state index in [1.54, 1.807) is 18.2 Å². The number of carbonyl (C=O) groups excluding carboxylic acids is 1. The van der Waals surface area contributed by atoms with Crippen molar-refractivity contribution in [3.63, 3.8) is 0 Å². The largest absolute Gasteiger partial charge is 0.398 e. The first-order valence-electron chi connectivity index (χ1n) is 6.01. The second kappa shape index (κ2) is 5.85. The molecule has 1 amide bonds. The number of nitrogens with one attached hydrogen (secondary N) is 1. The third-order valence-corrected chi connectivity index (χ3v) is 3.79. The molecular formula is C15H14BrClN2O. The molecule has 104 valence electrons. The quantitative estimate of drug-likeness (QED) is 0.778. The number of hydrogen-bond acceptors (Lipinski definition) is 2. The molecule has 2 aromatic rings. The number of halogens is 2. The van der Waals surface area contributed by atoms with Gasteiger partial charge in [0.1, 0.15) is 0 Å². The summed E-state index contributed by atoms with van der Waals surface area (Å²) in [6, 6.07) is 8.78. The maximum atomic E-state index is 12.3. The van der Waals surface area contributed by atoms with Gasteiger partial charge < -0.3 is 11.1 Å². The van der Waals surface area contributed by atoms with Crippen LogP contribution in [0.15, 0.2) is 34.8 Å². The van der Waals surface area contributed by atoms with Crippen LogP contribution in [0.3, 0.4) is 0 Å². The number of carbonyl (C=O) groups is 1. The van der Waals surface area contributed by atoms with Gasteiger partial charge in [0, 0.05) is 15.2 Å². The van der Waals surface area contributed by atoms with Crippen molar-refractivity contribution in [1.29, 1.82) is 0 Å². The standard InChI is InChI=1S/C15H14BrClN2O/c1-8-5-9(2)14(12(16)6-8)19-15(20)11-7-10(17)3-4-13(11)18/h3-7H,18H2,1-2H3,(H,19,20). The predicted octanol–water partition coefficient (Wildman–Crippen LogP) is 4.55. The van der Waals surface area contributed by atoms with E-state index >= 15 is 0 Å². The first kappa shape index (κ1) is 14.9. The van der Waals surface area contributed by atoms with Crippen molar-refractivity contribution in [1.82, 2.24) is 0 Å². The number of amides is 1. The van der Waals surface area contributed by atoms with Gasteiger partial charge in [-0.25, -0.2) is 0 Å².